The van der Waals surface area contributed by atoms with Crippen molar-refractivity contribution in [1.29, 1.82) is 0 Å². The molecule has 0 unspecified atom stereocenters. The monoisotopic (exact) mass is 395 g/mol. The molecule has 24 heavy (non-hydrogen) atoms. The molecule has 0 aliphatic heterocycles. The summed E-state index contributed by atoms with van der Waals surface area (Å²) in [4.78, 5) is 23.9. The Morgan fingerprint density at radius 3 is 2.54 bits per heavy atom. The van der Waals surface area contributed by atoms with Crippen molar-refractivity contribution in [1.82, 2.24) is 5.32 Å². The summed E-state index contributed by atoms with van der Waals surface area (Å²) in [5.74, 6) is -1.09. The summed E-state index contributed by atoms with van der Waals surface area (Å²) in [5.41, 5.74) is 1.13. The number of hydrogen-bond donors (Lipinski definition) is 1. The average molecular weight is 396 g/mol. The Kier molecular flexibility index (Phi) is 5.92. The van der Waals surface area contributed by atoms with Gasteiger partial charge in [-0.2, -0.15) is 0 Å². The maximum Gasteiger partial charge on any atom is 0.341 e. The predicted octanol–water partition coefficient (Wildman–Crippen LogP) is 3.31. The first kappa shape index (κ1) is 17.9. The van der Waals surface area contributed by atoms with Gasteiger partial charge in [0.05, 0.1) is 19.8 Å². The molecular formula is C17H15BrFNO4. The van der Waals surface area contributed by atoms with Crippen LogP contribution in [0.25, 0.3) is 0 Å². The van der Waals surface area contributed by atoms with Crippen molar-refractivity contribution in [2.45, 2.75) is 6.54 Å². The van der Waals surface area contributed by atoms with E-state index in [1.165, 1.54) is 26.4 Å². The molecule has 0 radical (unpaired) electrons. The van der Waals surface area contributed by atoms with Crippen LogP contribution in [0, 0.1) is 5.82 Å². The molecule has 0 spiro atoms. The number of carbonyl (C=O) groups excluding carboxylic acids is 2. The van der Waals surface area contributed by atoms with Gasteiger partial charge in [0, 0.05) is 11.0 Å². The number of hydrogen-bond acceptors (Lipinski definition) is 4. The van der Waals surface area contributed by atoms with Gasteiger partial charge in [-0.1, -0.05) is 6.07 Å². The minimum atomic E-state index is -0.534. The molecule has 1 N–H and O–H groups in total. The summed E-state index contributed by atoms with van der Waals surface area (Å²) in [6.45, 7) is 0.162. The Labute approximate surface area is 146 Å². The van der Waals surface area contributed by atoms with Crippen LogP contribution in [-0.2, 0) is 11.3 Å². The number of ether oxygens (including phenoxy) is 2. The SMILES string of the molecule is COC(=O)c1cc(CNC(=O)c2cc(F)ccc2Br)ccc1OC. The van der Waals surface area contributed by atoms with E-state index in [4.69, 9.17) is 9.47 Å². The van der Waals surface area contributed by atoms with Gasteiger partial charge < -0.3 is 14.8 Å². The van der Waals surface area contributed by atoms with Crippen LogP contribution in [0.4, 0.5) is 4.39 Å². The lowest BCUT2D eigenvalue weighted by atomic mass is 10.1. The number of esters is 1. The van der Waals surface area contributed by atoms with Crippen molar-refractivity contribution in [3.05, 3.63) is 63.4 Å². The second kappa shape index (κ2) is 7.92. The average Bonchev–Trinajstić information content (AvgIpc) is 2.60. The molecule has 2 aromatic rings. The quantitative estimate of drug-likeness (QED) is 0.788. The largest absolute Gasteiger partial charge is 0.496 e. The summed E-state index contributed by atoms with van der Waals surface area (Å²) >= 11 is 3.21. The van der Waals surface area contributed by atoms with Gasteiger partial charge in [-0.25, -0.2) is 9.18 Å². The normalized spacial score (nSPS) is 10.2. The van der Waals surface area contributed by atoms with E-state index in [2.05, 4.69) is 21.2 Å². The molecule has 2 aromatic carbocycles. The second-order valence-electron chi connectivity index (χ2n) is 4.83. The van der Waals surface area contributed by atoms with Crippen LogP contribution in [-0.4, -0.2) is 26.1 Å². The molecule has 5 nitrogen and oxygen atoms in total. The van der Waals surface area contributed by atoms with E-state index >= 15 is 0 Å². The molecule has 0 aromatic heterocycles. The topological polar surface area (TPSA) is 64.6 Å². The fourth-order valence-corrected chi connectivity index (χ4v) is 2.51. The first-order chi connectivity index (χ1) is 11.5. The maximum absolute atomic E-state index is 13.3. The van der Waals surface area contributed by atoms with E-state index in [0.29, 0.717) is 15.8 Å². The fraction of sp³-hybridized carbons (Fsp3) is 0.176. The van der Waals surface area contributed by atoms with E-state index in [0.717, 1.165) is 6.07 Å². The molecule has 0 bridgehead atoms. The zero-order valence-corrected chi connectivity index (χ0v) is 14.6. The number of nitrogens with one attached hydrogen (secondary N) is 1. The lowest BCUT2D eigenvalue weighted by Crippen LogP contribution is -2.23. The van der Waals surface area contributed by atoms with Crippen LogP contribution in [0.5, 0.6) is 5.75 Å². The Balaban J connectivity index is 2.15. The Bertz CT molecular complexity index is 779. The Morgan fingerprint density at radius 1 is 1.12 bits per heavy atom. The van der Waals surface area contributed by atoms with Crippen LogP contribution < -0.4 is 10.1 Å². The number of carbonyl (C=O) groups is 2. The molecule has 0 aliphatic carbocycles. The first-order valence-electron chi connectivity index (χ1n) is 6.94. The lowest BCUT2D eigenvalue weighted by molar-refractivity contribution is 0.0597. The van der Waals surface area contributed by atoms with Crippen molar-refractivity contribution >= 4 is 27.8 Å². The van der Waals surface area contributed by atoms with Crippen molar-refractivity contribution in [2.24, 2.45) is 0 Å². The van der Waals surface area contributed by atoms with Gasteiger partial charge in [-0.05, 0) is 51.8 Å². The highest BCUT2D eigenvalue weighted by molar-refractivity contribution is 9.10. The second-order valence-corrected chi connectivity index (χ2v) is 5.69. The van der Waals surface area contributed by atoms with Crippen molar-refractivity contribution < 1.29 is 23.5 Å². The molecule has 0 aliphatic rings. The van der Waals surface area contributed by atoms with E-state index in [1.807, 2.05) is 0 Å². The molecule has 0 atom stereocenters. The molecular weight excluding hydrogens is 381 g/mol. The number of rotatable bonds is 5. The van der Waals surface area contributed by atoms with Crippen molar-refractivity contribution in [3.8, 4) is 5.75 Å². The summed E-state index contributed by atoms with van der Waals surface area (Å²) in [7, 11) is 2.72. The van der Waals surface area contributed by atoms with E-state index in [1.54, 1.807) is 18.2 Å². The van der Waals surface area contributed by atoms with Crippen LogP contribution in [0.3, 0.4) is 0 Å². The summed E-state index contributed by atoms with van der Waals surface area (Å²) < 4.78 is 23.6. The van der Waals surface area contributed by atoms with Crippen LogP contribution in [0.2, 0.25) is 0 Å². The standard InChI is InChI=1S/C17H15BrFNO4/c1-23-15-6-3-10(7-13(15)17(22)24-2)9-20-16(21)12-8-11(19)4-5-14(12)18/h3-8H,9H2,1-2H3,(H,20,21). The van der Waals surface area contributed by atoms with Gasteiger partial charge >= 0.3 is 5.97 Å². The third-order valence-corrected chi connectivity index (χ3v) is 3.99. The van der Waals surface area contributed by atoms with Crippen molar-refractivity contribution in [2.75, 3.05) is 14.2 Å². The zero-order chi connectivity index (χ0) is 17.7. The number of amides is 1. The van der Waals surface area contributed by atoms with E-state index in [9.17, 15) is 14.0 Å². The highest BCUT2D eigenvalue weighted by Crippen LogP contribution is 2.21. The van der Waals surface area contributed by atoms with E-state index < -0.39 is 17.7 Å². The molecule has 7 heteroatoms. The molecule has 0 saturated carbocycles. The van der Waals surface area contributed by atoms with Gasteiger partial charge in [-0.3, -0.25) is 4.79 Å². The van der Waals surface area contributed by atoms with Crippen LogP contribution in [0.15, 0.2) is 40.9 Å². The van der Waals surface area contributed by atoms with Crippen LogP contribution >= 0.6 is 15.9 Å². The van der Waals surface area contributed by atoms with Gasteiger partial charge in [0.15, 0.2) is 0 Å². The number of halogens is 2. The summed E-state index contributed by atoms with van der Waals surface area (Å²) in [6, 6.07) is 8.77. The summed E-state index contributed by atoms with van der Waals surface area (Å²) in [6.07, 6.45) is 0. The molecule has 0 saturated heterocycles. The Morgan fingerprint density at radius 2 is 1.88 bits per heavy atom. The minimum absolute atomic E-state index is 0.162. The third-order valence-electron chi connectivity index (χ3n) is 3.30. The third kappa shape index (κ3) is 4.11. The highest BCUT2D eigenvalue weighted by Gasteiger charge is 2.15. The highest BCUT2D eigenvalue weighted by atomic mass is 79.9. The maximum atomic E-state index is 13.3. The number of benzene rings is 2. The van der Waals surface area contributed by atoms with Gasteiger partial charge in [0.1, 0.15) is 17.1 Å². The first-order valence-corrected chi connectivity index (χ1v) is 7.74. The Hall–Kier alpha value is -2.41. The van der Waals surface area contributed by atoms with Crippen molar-refractivity contribution in [3.63, 3.8) is 0 Å². The van der Waals surface area contributed by atoms with Crippen LogP contribution in [0.1, 0.15) is 26.3 Å². The number of methoxy groups -OCH3 is 2. The van der Waals surface area contributed by atoms with E-state index in [-0.39, 0.29) is 17.7 Å². The smallest absolute Gasteiger partial charge is 0.341 e. The van der Waals surface area contributed by atoms with Gasteiger partial charge in [0.25, 0.3) is 5.91 Å². The summed E-state index contributed by atoms with van der Waals surface area (Å²) in [5, 5.41) is 2.68. The van der Waals surface area contributed by atoms with Gasteiger partial charge in [-0.15, -0.1) is 0 Å². The lowest BCUT2D eigenvalue weighted by Gasteiger charge is -2.11. The molecule has 2 rings (SSSR count). The minimum Gasteiger partial charge on any atom is -0.496 e. The van der Waals surface area contributed by atoms with Gasteiger partial charge in [0.2, 0.25) is 0 Å². The molecule has 1 amide bonds. The fourth-order valence-electron chi connectivity index (χ4n) is 2.08. The molecule has 126 valence electrons. The molecule has 0 fully saturated rings. The predicted molar refractivity (Wildman–Crippen MR) is 89.6 cm³/mol. The molecule has 0 heterocycles. The zero-order valence-electron chi connectivity index (χ0n) is 13.1.